The van der Waals surface area contributed by atoms with Gasteiger partial charge in [-0.05, 0) is 40.9 Å². The number of hydrogen-bond donors (Lipinski definition) is 0. The van der Waals surface area contributed by atoms with Gasteiger partial charge in [-0.25, -0.2) is 4.79 Å². The molecule has 1 saturated carbocycles. The fourth-order valence-corrected chi connectivity index (χ4v) is 5.68. The normalized spacial score (nSPS) is 22.3. The number of fused-ring (bicyclic) bond motifs is 1. The average molecular weight is 428 g/mol. The van der Waals surface area contributed by atoms with Crippen LogP contribution in [0.3, 0.4) is 0 Å². The fourth-order valence-electron chi connectivity index (χ4n) is 5.68. The highest BCUT2D eigenvalue weighted by molar-refractivity contribution is 5.87. The van der Waals surface area contributed by atoms with Crippen molar-refractivity contribution in [2.24, 2.45) is 17.8 Å². The molecule has 0 bridgehead atoms. The Labute approximate surface area is 189 Å². The maximum Gasteiger partial charge on any atom is 0.357 e. The first-order valence-corrected chi connectivity index (χ1v) is 11.3. The Balaban J connectivity index is 1.40. The lowest BCUT2D eigenvalue weighted by atomic mass is 9.70. The summed E-state index contributed by atoms with van der Waals surface area (Å²) >= 11 is 0. The van der Waals surface area contributed by atoms with Crippen molar-refractivity contribution in [2.75, 3.05) is 20.2 Å². The molecule has 164 valence electrons. The van der Waals surface area contributed by atoms with Gasteiger partial charge in [0.25, 0.3) is 0 Å². The Morgan fingerprint density at radius 2 is 1.34 bits per heavy atom. The third-order valence-electron chi connectivity index (χ3n) is 7.28. The first-order chi connectivity index (χ1) is 15.7. The lowest BCUT2D eigenvalue weighted by Crippen LogP contribution is -2.40. The molecule has 4 heteroatoms. The Kier molecular flexibility index (Phi) is 5.81. The number of benzene rings is 3. The molecule has 1 aliphatic heterocycles. The second-order valence-corrected chi connectivity index (χ2v) is 9.05. The zero-order valence-electron chi connectivity index (χ0n) is 18.4. The van der Waals surface area contributed by atoms with Crippen LogP contribution in [0.2, 0.25) is 0 Å². The van der Waals surface area contributed by atoms with Crippen LogP contribution in [0.15, 0.2) is 91.0 Å². The van der Waals surface area contributed by atoms with Gasteiger partial charge in [0.15, 0.2) is 0 Å². The first-order valence-electron chi connectivity index (χ1n) is 11.3. The van der Waals surface area contributed by atoms with Crippen LogP contribution in [-0.2, 0) is 26.5 Å². The van der Waals surface area contributed by atoms with Gasteiger partial charge in [0.1, 0.15) is 5.41 Å². The van der Waals surface area contributed by atoms with Gasteiger partial charge in [0, 0.05) is 19.6 Å². The zero-order chi connectivity index (χ0) is 22.0. The van der Waals surface area contributed by atoms with Gasteiger partial charge >= 0.3 is 5.97 Å². The van der Waals surface area contributed by atoms with Crippen LogP contribution >= 0.6 is 0 Å². The predicted octanol–water partition coefficient (Wildman–Crippen LogP) is 4.85. The number of piperidine rings is 1. The summed E-state index contributed by atoms with van der Waals surface area (Å²) in [6.45, 7) is 3.17. The Hall–Kier alpha value is -2.95. The van der Waals surface area contributed by atoms with E-state index >= 15 is 0 Å². The van der Waals surface area contributed by atoms with Gasteiger partial charge in [-0.3, -0.25) is 9.79 Å². The molecule has 5 rings (SSSR count). The topological polar surface area (TPSA) is 38.8 Å². The first kappa shape index (κ1) is 20.9. The number of likely N-dealkylation sites (tertiary alicyclic amines) is 1. The monoisotopic (exact) mass is 427 g/mol. The van der Waals surface area contributed by atoms with E-state index in [2.05, 4.69) is 35.2 Å². The molecule has 3 aromatic carbocycles. The number of rotatable bonds is 8. The van der Waals surface area contributed by atoms with E-state index in [0.717, 1.165) is 37.2 Å². The van der Waals surface area contributed by atoms with Crippen LogP contribution in [-0.4, -0.2) is 31.1 Å². The molecular formula is C28H29NO3. The van der Waals surface area contributed by atoms with Crippen molar-refractivity contribution < 1.29 is 14.6 Å². The molecule has 0 amide bonds. The van der Waals surface area contributed by atoms with Gasteiger partial charge in [-0.1, -0.05) is 91.0 Å². The van der Waals surface area contributed by atoms with Crippen LogP contribution in [0.1, 0.15) is 23.1 Å². The maximum absolute atomic E-state index is 13.5. The minimum Gasteiger partial charge on any atom is -0.298 e. The smallest absolute Gasteiger partial charge is 0.298 e. The van der Waals surface area contributed by atoms with Gasteiger partial charge in [0.2, 0.25) is 0 Å². The van der Waals surface area contributed by atoms with Crippen LogP contribution in [0.5, 0.6) is 0 Å². The molecule has 2 unspecified atom stereocenters. The lowest BCUT2D eigenvalue weighted by Gasteiger charge is -2.33. The molecule has 2 aliphatic rings. The Morgan fingerprint density at radius 1 is 0.844 bits per heavy atom. The third kappa shape index (κ3) is 3.85. The molecule has 0 aromatic heterocycles. The summed E-state index contributed by atoms with van der Waals surface area (Å²) in [7, 11) is 1.39. The van der Waals surface area contributed by atoms with E-state index in [0.29, 0.717) is 17.8 Å². The lowest BCUT2D eigenvalue weighted by molar-refractivity contribution is -0.260. The van der Waals surface area contributed by atoms with Gasteiger partial charge in [-0.15, -0.1) is 0 Å². The van der Waals surface area contributed by atoms with E-state index in [1.165, 1.54) is 12.7 Å². The van der Waals surface area contributed by atoms with Crippen LogP contribution in [0.25, 0.3) is 0 Å². The zero-order valence-corrected chi connectivity index (χ0v) is 18.4. The molecule has 32 heavy (non-hydrogen) atoms. The highest BCUT2D eigenvalue weighted by Crippen LogP contribution is 2.58. The van der Waals surface area contributed by atoms with Crippen molar-refractivity contribution >= 4 is 5.97 Å². The molecule has 3 aromatic rings. The van der Waals surface area contributed by atoms with E-state index in [1.54, 1.807) is 0 Å². The standard InChI is InChI=1S/C28H29NO3/c1-31-32-27(30)28(22-13-7-3-8-14-22,23-15-9-4-10-16-23)17-24-25-19-29(20-26(24)25)18-21-11-5-2-6-12-21/h2-16,24-26H,17-20H2,1H3. The summed E-state index contributed by atoms with van der Waals surface area (Å²) in [6.07, 6.45) is 0.734. The van der Waals surface area contributed by atoms with Gasteiger partial charge in [0.05, 0.1) is 7.11 Å². The van der Waals surface area contributed by atoms with Crippen LogP contribution < -0.4 is 0 Å². The SMILES string of the molecule is COOC(=O)C(CC1C2CN(Cc3ccccc3)CC21)(c1ccccc1)c1ccccc1. The molecular weight excluding hydrogens is 398 g/mol. The molecule has 1 saturated heterocycles. The average Bonchev–Trinajstić information content (AvgIpc) is 3.27. The van der Waals surface area contributed by atoms with Gasteiger partial charge < -0.3 is 0 Å². The molecule has 4 nitrogen and oxygen atoms in total. The molecule has 2 atom stereocenters. The minimum absolute atomic E-state index is 0.344. The number of carbonyl (C=O) groups excluding carboxylic acids is 1. The number of hydrogen-bond acceptors (Lipinski definition) is 4. The van der Waals surface area contributed by atoms with Crippen molar-refractivity contribution in [3.63, 3.8) is 0 Å². The molecule has 0 spiro atoms. The molecule has 1 heterocycles. The highest BCUT2D eigenvalue weighted by atomic mass is 17.2. The van der Waals surface area contributed by atoms with Crippen molar-refractivity contribution in [1.82, 2.24) is 4.90 Å². The van der Waals surface area contributed by atoms with Crippen molar-refractivity contribution in [1.29, 1.82) is 0 Å². The molecule has 2 fully saturated rings. The summed E-state index contributed by atoms with van der Waals surface area (Å²) in [6, 6.07) is 30.7. The summed E-state index contributed by atoms with van der Waals surface area (Å²) in [5.74, 6) is 1.40. The summed E-state index contributed by atoms with van der Waals surface area (Å²) in [4.78, 5) is 26.1. The maximum atomic E-state index is 13.5. The third-order valence-corrected chi connectivity index (χ3v) is 7.28. The van der Waals surface area contributed by atoms with Crippen molar-refractivity contribution in [2.45, 2.75) is 18.4 Å². The van der Waals surface area contributed by atoms with E-state index < -0.39 is 5.41 Å². The summed E-state index contributed by atoms with van der Waals surface area (Å²) in [5.41, 5.74) is 2.40. The molecule has 0 radical (unpaired) electrons. The Morgan fingerprint density at radius 3 is 1.84 bits per heavy atom. The van der Waals surface area contributed by atoms with Gasteiger partial charge in [-0.2, -0.15) is 4.89 Å². The summed E-state index contributed by atoms with van der Waals surface area (Å²) in [5, 5.41) is 0. The second-order valence-electron chi connectivity index (χ2n) is 9.05. The minimum atomic E-state index is -0.877. The Bertz CT molecular complexity index is 987. The second kappa shape index (κ2) is 8.89. The van der Waals surface area contributed by atoms with Crippen LogP contribution in [0.4, 0.5) is 0 Å². The van der Waals surface area contributed by atoms with E-state index in [4.69, 9.17) is 9.78 Å². The fraction of sp³-hybridized carbons (Fsp3) is 0.321. The number of nitrogens with zero attached hydrogens (tertiary/aromatic N) is 1. The highest BCUT2D eigenvalue weighted by Gasteiger charge is 2.60. The molecule has 1 aliphatic carbocycles. The van der Waals surface area contributed by atoms with Crippen molar-refractivity contribution in [3.8, 4) is 0 Å². The van der Waals surface area contributed by atoms with Crippen LogP contribution in [0, 0.1) is 17.8 Å². The van der Waals surface area contributed by atoms with Crippen molar-refractivity contribution in [3.05, 3.63) is 108 Å². The summed E-state index contributed by atoms with van der Waals surface area (Å²) < 4.78 is 0. The largest absolute Gasteiger partial charge is 0.357 e. The molecule has 0 N–H and O–H groups in total. The quantitative estimate of drug-likeness (QED) is 0.381. The number of carbonyl (C=O) groups is 1. The van der Waals surface area contributed by atoms with E-state index in [1.807, 2.05) is 60.7 Å². The van der Waals surface area contributed by atoms with E-state index in [-0.39, 0.29) is 5.97 Å². The van der Waals surface area contributed by atoms with E-state index in [9.17, 15) is 4.79 Å². The predicted molar refractivity (Wildman–Crippen MR) is 124 cm³/mol.